The van der Waals surface area contributed by atoms with Gasteiger partial charge in [-0.05, 0) is 55.5 Å². The number of hydrogen-bond acceptors (Lipinski definition) is 3. The lowest BCUT2D eigenvalue weighted by molar-refractivity contribution is 0.0680. The molecule has 2 unspecified atom stereocenters. The highest BCUT2D eigenvalue weighted by Gasteiger charge is 2.38. The van der Waals surface area contributed by atoms with Gasteiger partial charge in [-0.15, -0.1) is 12.4 Å². The predicted molar refractivity (Wildman–Crippen MR) is 106 cm³/mol. The summed E-state index contributed by atoms with van der Waals surface area (Å²) < 4.78 is 0. The Labute approximate surface area is 162 Å². The highest BCUT2D eigenvalue weighted by molar-refractivity contribution is 5.98. The summed E-state index contributed by atoms with van der Waals surface area (Å²) >= 11 is 0. The van der Waals surface area contributed by atoms with Gasteiger partial charge < -0.3 is 15.5 Å². The second-order valence-electron chi connectivity index (χ2n) is 8.41. The van der Waals surface area contributed by atoms with E-state index in [4.69, 9.17) is 0 Å². The largest absolute Gasteiger partial charge is 0.352 e. The van der Waals surface area contributed by atoms with Crippen molar-refractivity contribution in [3.05, 3.63) is 35.4 Å². The molecule has 0 spiro atoms. The molecule has 6 heteroatoms. The van der Waals surface area contributed by atoms with Gasteiger partial charge in [0.15, 0.2) is 0 Å². The Kier molecular flexibility index (Phi) is 6.69. The molecule has 2 heterocycles. The van der Waals surface area contributed by atoms with Crippen molar-refractivity contribution in [2.75, 3.05) is 19.6 Å². The smallest absolute Gasteiger partial charge is 0.254 e. The van der Waals surface area contributed by atoms with Gasteiger partial charge in [-0.25, -0.2) is 0 Å². The first-order valence-electron chi connectivity index (χ1n) is 9.27. The van der Waals surface area contributed by atoms with Gasteiger partial charge in [0.25, 0.3) is 11.8 Å². The molecule has 2 N–H and O–H groups in total. The molecular weight excluding hydrogens is 350 g/mol. The number of carbonyl (C=O) groups excluding carboxylic acids is 2. The lowest BCUT2D eigenvalue weighted by Crippen LogP contribution is -2.42. The van der Waals surface area contributed by atoms with E-state index in [-0.39, 0.29) is 29.6 Å². The minimum atomic E-state index is -0.0898. The first kappa shape index (κ1) is 20.7. The maximum atomic E-state index is 12.9. The van der Waals surface area contributed by atoms with Crippen LogP contribution in [0.25, 0.3) is 0 Å². The maximum Gasteiger partial charge on any atom is 0.254 e. The number of benzene rings is 1. The van der Waals surface area contributed by atoms with Crippen molar-refractivity contribution in [2.24, 2.45) is 5.41 Å². The maximum absolute atomic E-state index is 12.9. The van der Waals surface area contributed by atoms with E-state index in [0.717, 1.165) is 32.4 Å². The van der Waals surface area contributed by atoms with Crippen LogP contribution in [-0.2, 0) is 0 Å². The number of amides is 2. The molecule has 2 saturated heterocycles. The molecule has 0 aliphatic carbocycles. The number of nitrogens with zero attached hydrogens (tertiary/aromatic N) is 1. The van der Waals surface area contributed by atoms with Crippen LogP contribution >= 0.6 is 12.4 Å². The monoisotopic (exact) mass is 379 g/mol. The molecule has 1 aromatic carbocycles. The molecule has 1 aromatic rings. The Morgan fingerprint density at radius 3 is 2.35 bits per heavy atom. The quantitative estimate of drug-likeness (QED) is 0.848. The van der Waals surface area contributed by atoms with Crippen LogP contribution in [0.5, 0.6) is 0 Å². The first-order chi connectivity index (χ1) is 11.8. The zero-order valence-corrected chi connectivity index (χ0v) is 16.7. The van der Waals surface area contributed by atoms with Crippen LogP contribution < -0.4 is 10.6 Å². The van der Waals surface area contributed by atoms with Crippen LogP contribution in [0.2, 0.25) is 0 Å². The van der Waals surface area contributed by atoms with Gasteiger partial charge in [0.2, 0.25) is 0 Å². The Morgan fingerprint density at radius 2 is 1.69 bits per heavy atom. The second-order valence-corrected chi connectivity index (χ2v) is 8.41. The van der Waals surface area contributed by atoms with Crippen LogP contribution in [0.4, 0.5) is 0 Å². The third kappa shape index (κ3) is 4.77. The summed E-state index contributed by atoms with van der Waals surface area (Å²) in [5.41, 5.74) is 1.32. The Balaban J connectivity index is 0.00000243. The molecule has 2 aliphatic heterocycles. The Hall–Kier alpha value is -1.59. The van der Waals surface area contributed by atoms with Crippen molar-refractivity contribution in [2.45, 2.75) is 52.1 Å². The van der Waals surface area contributed by atoms with Gasteiger partial charge in [0.05, 0.1) is 0 Å². The van der Waals surface area contributed by atoms with E-state index < -0.39 is 0 Å². The van der Waals surface area contributed by atoms with Crippen molar-refractivity contribution in [3.8, 4) is 0 Å². The average Bonchev–Trinajstić information content (AvgIpc) is 2.84. The van der Waals surface area contributed by atoms with Gasteiger partial charge in [-0.3, -0.25) is 9.59 Å². The molecule has 2 amide bonds. The van der Waals surface area contributed by atoms with Crippen LogP contribution in [-0.4, -0.2) is 48.4 Å². The summed E-state index contributed by atoms with van der Waals surface area (Å²) in [5.74, 6) is 0.00538. The molecule has 0 radical (unpaired) electrons. The minimum absolute atomic E-state index is 0. The molecular formula is C20H30ClN3O2. The average molecular weight is 380 g/mol. The Morgan fingerprint density at radius 1 is 1.08 bits per heavy atom. The lowest BCUT2D eigenvalue weighted by Gasteiger charge is -2.28. The number of hydrogen-bond donors (Lipinski definition) is 2. The summed E-state index contributed by atoms with van der Waals surface area (Å²) in [4.78, 5) is 27.2. The number of rotatable bonds is 3. The van der Waals surface area contributed by atoms with E-state index in [0.29, 0.717) is 29.8 Å². The zero-order chi connectivity index (χ0) is 18.0. The van der Waals surface area contributed by atoms with Gasteiger partial charge in [-0.1, -0.05) is 20.8 Å². The predicted octanol–water partition coefficient (Wildman–Crippen LogP) is 2.85. The second kappa shape index (κ2) is 8.40. The van der Waals surface area contributed by atoms with Crippen molar-refractivity contribution in [1.29, 1.82) is 0 Å². The topological polar surface area (TPSA) is 61.4 Å². The van der Waals surface area contributed by atoms with Crippen molar-refractivity contribution in [1.82, 2.24) is 15.5 Å². The van der Waals surface area contributed by atoms with Crippen LogP contribution in [0.3, 0.4) is 0 Å². The summed E-state index contributed by atoms with van der Waals surface area (Å²) in [7, 11) is 0. The molecule has 0 aromatic heterocycles. The fraction of sp³-hybridized carbons (Fsp3) is 0.600. The molecule has 2 aliphatic rings. The van der Waals surface area contributed by atoms with Crippen LogP contribution in [0.1, 0.15) is 60.7 Å². The van der Waals surface area contributed by atoms with Gasteiger partial charge in [0, 0.05) is 36.3 Å². The number of halogens is 1. The fourth-order valence-corrected chi connectivity index (χ4v) is 3.67. The molecule has 2 atom stereocenters. The van der Waals surface area contributed by atoms with Crippen molar-refractivity contribution in [3.63, 3.8) is 0 Å². The van der Waals surface area contributed by atoms with E-state index in [2.05, 4.69) is 36.3 Å². The van der Waals surface area contributed by atoms with Crippen molar-refractivity contribution >= 4 is 24.2 Å². The Bertz CT molecular complexity index is 625. The third-order valence-corrected chi connectivity index (χ3v) is 5.06. The molecule has 0 saturated carbocycles. The normalized spacial score (nSPS) is 22.3. The SMILES string of the molecule is CC(C)(C)CNC(=O)c1ccc(C(=O)N2C3CCNCC2CC3)cc1.Cl. The van der Waals surface area contributed by atoms with Crippen molar-refractivity contribution < 1.29 is 9.59 Å². The fourth-order valence-electron chi connectivity index (χ4n) is 3.67. The van der Waals surface area contributed by atoms with E-state index >= 15 is 0 Å². The molecule has 2 fully saturated rings. The van der Waals surface area contributed by atoms with E-state index in [1.165, 1.54) is 0 Å². The lowest BCUT2D eigenvalue weighted by atomic mass is 9.97. The van der Waals surface area contributed by atoms with E-state index in [1.54, 1.807) is 24.3 Å². The zero-order valence-electron chi connectivity index (χ0n) is 15.9. The summed E-state index contributed by atoms with van der Waals surface area (Å²) in [6.45, 7) is 8.74. The van der Waals surface area contributed by atoms with E-state index in [9.17, 15) is 9.59 Å². The summed E-state index contributed by atoms with van der Waals surface area (Å²) in [5, 5.41) is 6.36. The molecule has 144 valence electrons. The van der Waals surface area contributed by atoms with Gasteiger partial charge in [-0.2, -0.15) is 0 Å². The molecule has 5 nitrogen and oxygen atoms in total. The standard InChI is InChI=1S/C20H29N3O2.ClH/c1-20(2,3)13-22-18(24)14-4-6-15(7-5-14)19(25)23-16-8-9-17(23)12-21-11-10-16;/h4-7,16-17,21H,8-13H2,1-3H3,(H,22,24);1H. The van der Waals surface area contributed by atoms with Gasteiger partial charge in [0.1, 0.15) is 0 Å². The van der Waals surface area contributed by atoms with Crippen LogP contribution in [0, 0.1) is 5.41 Å². The van der Waals surface area contributed by atoms with Crippen LogP contribution in [0.15, 0.2) is 24.3 Å². The highest BCUT2D eigenvalue weighted by Crippen LogP contribution is 2.29. The summed E-state index contributed by atoms with van der Waals surface area (Å²) in [6.07, 6.45) is 3.21. The molecule has 26 heavy (non-hydrogen) atoms. The third-order valence-electron chi connectivity index (χ3n) is 5.06. The minimum Gasteiger partial charge on any atom is -0.352 e. The number of carbonyl (C=O) groups is 2. The van der Waals surface area contributed by atoms with E-state index in [1.807, 2.05) is 0 Å². The number of fused-ring (bicyclic) bond motifs is 2. The summed E-state index contributed by atoms with van der Waals surface area (Å²) in [6, 6.07) is 7.72. The highest BCUT2D eigenvalue weighted by atomic mass is 35.5. The molecule has 2 bridgehead atoms. The van der Waals surface area contributed by atoms with Gasteiger partial charge >= 0.3 is 0 Å². The number of nitrogens with one attached hydrogen (secondary N) is 2. The molecule has 3 rings (SSSR count). The first-order valence-corrected chi connectivity index (χ1v) is 9.27.